The summed E-state index contributed by atoms with van der Waals surface area (Å²) in [6.07, 6.45) is 3.74. The van der Waals surface area contributed by atoms with Crippen molar-refractivity contribution in [3.8, 4) is 5.75 Å². The molecule has 4 rings (SSSR count). The smallest absolute Gasteiger partial charge is 0.310 e. The first-order chi connectivity index (χ1) is 12.9. The average Bonchev–Trinajstić information content (AvgIpc) is 3.27. The lowest BCUT2D eigenvalue weighted by atomic mass is 9.74. The monoisotopic (exact) mass is 369 g/mol. The number of carboxylic acid groups (broad SMARTS) is 1. The highest BCUT2D eigenvalue weighted by Crippen LogP contribution is 2.56. The molecule has 3 aliphatic heterocycles. The average molecular weight is 369 g/mol. The minimum absolute atomic E-state index is 0.156. The van der Waals surface area contributed by atoms with E-state index in [1.54, 1.807) is 18.1 Å². The second kappa shape index (κ2) is 6.23. The van der Waals surface area contributed by atoms with Crippen molar-refractivity contribution in [2.45, 2.75) is 37.6 Å². The number of amides is 1. The fourth-order valence-electron chi connectivity index (χ4n) is 4.72. The topological polar surface area (TPSA) is 76.1 Å². The van der Waals surface area contributed by atoms with Crippen LogP contribution in [0.25, 0.3) is 0 Å². The Morgan fingerprint density at radius 2 is 2.07 bits per heavy atom. The van der Waals surface area contributed by atoms with Crippen molar-refractivity contribution in [1.82, 2.24) is 4.90 Å². The predicted molar refractivity (Wildman–Crippen MR) is 98.1 cm³/mol. The molecule has 3 heterocycles. The molecule has 0 unspecified atom stereocenters. The van der Waals surface area contributed by atoms with Gasteiger partial charge in [0.25, 0.3) is 0 Å². The normalized spacial score (nSPS) is 33.4. The van der Waals surface area contributed by atoms with Gasteiger partial charge in [0, 0.05) is 6.54 Å². The zero-order chi connectivity index (χ0) is 19.3. The maximum absolute atomic E-state index is 13.3. The summed E-state index contributed by atoms with van der Waals surface area (Å²) < 4.78 is 11.3. The molecule has 1 spiro atoms. The number of fused-ring (bicyclic) bond motifs is 1. The summed E-state index contributed by atoms with van der Waals surface area (Å²) in [6, 6.07) is 7.27. The minimum atomic E-state index is -0.982. The van der Waals surface area contributed by atoms with Gasteiger partial charge in [0.2, 0.25) is 5.91 Å². The molecule has 3 aliphatic rings. The van der Waals surface area contributed by atoms with Crippen LogP contribution in [-0.4, -0.2) is 46.7 Å². The van der Waals surface area contributed by atoms with Crippen LogP contribution in [0.5, 0.6) is 5.75 Å². The van der Waals surface area contributed by atoms with E-state index in [-0.39, 0.29) is 11.9 Å². The van der Waals surface area contributed by atoms with E-state index in [9.17, 15) is 14.7 Å². The standard InChI is InChI=1S/C21H23NO5/c1-12(2)10-16-21-9-8-15(27-21)17(20(24)25)18(21)19(23)22(16)11-13-4-6-14(26-3)7-5-13/h4-9,15-18H,1,10-11H2,2-3H3,(H,24,25)/t15-,16+,17-,18+,21-/m0/s1. The van der Waals surface area contributed by atoms with E-state index in [0.717, 1.165) is 16.9 Å². The third kappa shape index (κ3) is 2.58. The van der Waals surface area contributed by atoms with Gasteiger partial charge in [0.1, 0.15) is 17.3 Å². The highest BCUT2D eigenvalue weighted by molar-refractivity contribution is 5.91. The number of rotatable bonds is 6. The summed E-state index contributed by atoms with van der Waals surface area (Å²) in [4.78, 5) is 26.9. The summed E-state index contributed by atoms with van der Waals surface area (Å²) in [5.74, 6) is -1.92. The first kappa shape index (κ1) is 17.8. The molecular formula is C21H23NO5. The Morgan fingerprint density at radius 1 is 1.37 bits per heavy atom. The van der Waals surface area contributed by atoms with Crippen LogP contribution in [-0.2, 0) is 20.9 Å². The molecule has 142 valence electrons. The molecule has 6 heteroatoms. The van der Waals surface area contributed by atoms with Gasteiger partial charge in [-0.1, -0.05) is 29.9 Å². The highest BCUT2D eigenvalue weighted by atomic mass is 16.5. The summed E-state index contributed by atoms with van der Waals surface area (Å²) in [6.45, 7) is 6.32. The van der Waals surface area contributed by atoms with E-state index in [0.29, 0.717) is 13.0 Å². The van der Waals surface area contributed by atoms with E-state index < -0.39 is 29.5 Å². The van der Waals surface area contributed by atoms with Crippen LogP contribution < -0.4 is 4.74 Å². The van der Waals surface area contributed by atoms with Gasteiger partial charge >= 0.3 is 5.97 Å². The van der Waals surface area contributed by atoms with Crippen LogP contribution in [0.1, 0.15) is 18.9 Å². The van der Waals surface area contributed by atoms with E-state index >= 15 is 0 Å². The summed E-state index contributed by atoms with van der Waals surface area (Å²) in [5.41, 5.74) is 1.01. The van der Waals surface area contributed by atoms with Crippen molar-refractivity contribution in [3.63, 3.8) is 0 Å². The lowest BCUT2D eigenvalue weighted by Crippen LogP contribution is -2.45. The number of hydrogen-bond donors (Lipinski definition) is 1. The second-order valence-corrected chi connectivity index (χ2v) is 7.63. The molecule has 0 saturated carbocycles. The lowest BCUT2D eigenvalue weighted by Gasteiger charge is -2.33. The number of carboxylic acids is 1. The number of likely N-dealkylation sites (tertiary alicyclic amines) is 1. The molecule has 5 atom stereocenters. The maximum Gasteiger partial charge on any atom is 0.310 e. The van der Waals surface area contributed by atoms with Gasteiger partial charge in [-0.2, -0.15) is 0 Å². The lowest BCUT2D eigenvalue weighted by molar-refractivity contribution is -0.148. The Morgan fingerprint density at radius 3 is 2.67 bits per heavy atom. The second-order valence-electron chi connectivity index (χ2n) is 7.63. The molecule has 1 aromatic carbocycles. The summed E-state index contributed by atoms with van der Waals surface area (Å²) >= 11 is 0. The number of aliphatic carboxylic acids is 1. The SMILES string of the molecule is C=C(C)C[C@H]1N(Cc2ccc(OC)cc2)C(=O)[C@H]2[C@@H](C(=O)O)[C@@H]3C=C[C@@]21O3. The molecule has 1 aromatic rings. The number of carbonyl (C=O) groups is 2. The Hall–Kier alpha value is -2.60. The number of hydrogen-bond acceptors (Lipinski definition) is 4. The van der Waals surface area contributed by atoms with Gasteiger partial charge in [-0.05, 0) is 31.0 Å². The van der Waals surface area contributed by atoms with Gasteiger partial charge in [-0.3, -0.25) is 9.59 Å². The molecule has 0 aromatic heterocycles. The van der Waals surface area contributed by atoms with Crippen LogP contribution in [0.3, 0.4) is 0 Å². The largest absolute Gasteiger partial charge is 0.497 e. The van der Waals surface area contributed by atoms with Gasteiger partial charge in [-0.25, -0.2) is 0 Å². The first-order valence-corrected chi connectivity index (χ1v) is 9.05. The molecule has 27 heavy (non-hydrogen) atoms. The fourth-order valence-corrected chi connectivity index (χ4v) is 4.72. The number of carbonyl (C=O) groups excluding carboxylic acids is 1. The van der Waals surface area contributed by atoms with Crippen molar-refractivity contribution >= 4 is 11.9 Å². The number of benzene rings is 1. The number of ether oxygens (including phenoxy) is 2. The van der Waals surface area contributed by atoms with E-state index in [1.807, 2.05) is 37.3 Å². The van der Waals surface area contributed by atoms with Crippen molar-refractivity contribution in [2.24, 2.45) is 11.8 Å². The van der Waals surface area contributed by atoms with Crippen LogP contribution in [0, 0.1) is 11.8 Å². The Kier molecular flexibility index (Phi) is 4.11. The van der Waals surface area contributed by atoms with Gasteiger partial charge < -0.3 is 19.5 Å². The molecule has 1 amide bonds. The summed E-state index contributed by atoms with van der Waals surface area (Å²) in [5, 5.41) is 9.68. The number of methoxy groups -OCH3 is 1. The van der Waals surface area contributed by atoms with Gasteiger partial charge in [0.15, 0.2) is 0 Å². The molecule has 2 fully saturated rings. The van der Waals surface area contributed by atoms with E-state index in [4.69, 9.17) is 9.47 Å². The molecule has 0 radical (unpaired) electrons. The Labute approximate surface area is 158 Å². The Balaban J connectivity index is 1.70. The molecule has 2 bridgehead atoms. The summed E-state index contributed by atoms with van der Waals surface area (Å²) in [7, 11) is 1.61. The number of nitrogens with zero attached hydrogens (tertiary/aromatic N) is 1. The highest BCUT2D eigenvalue weighted by Gasteiger charge is 2.70. The van der Waals surface area contributed by atoms with E-state index in [1.165, 1.54) is 0 Å². The molecule has 2 saturated heterocycles. The minimum Gasteiger partial charge on any atom is -0.497 e. The van der Waals surface area contributed by atoms with Crippen molar-refractivity contribution in [2.75, 3.05) is 7.11 Å². The van der Waals surface area contributed by atoms with E-state index in [2.05, 4.69) is 6.58 Å². The maximum atomic E-state index is 13.3. The molecule has 6 nitrogen and oxygen atoms in total. The quantitative estimate of drug-likeness (QED) is 0.780. The third-order valence-corrected chi connectivity index (χ3v) is 5.87. The zero-order valence-electron chi connectivity index (χ0n) is 15.4. The van der Waals surface area contributed by atoms with Crippen LogP contribution in [0.4, 0.5) is 0 Å². The zero-order valence-corrected chi connectivity index (χ0v) is 15.4. The van der Waals surface area contributed by atoms with Crippen molar-refractivity contribution in [1.29, 1.82) is 0 Å². The Bertz CT molecular complexity index is 829. The van der Waals surface area contributed by atoms with Crippen LogP contribution in [0.2, 0.25) is 0 Å². The third-order valence-electron chi connectivity index (χ3n) is 5.87. The van der Waals surface area contributed by atoms with Gasteiger partial charge in [0.05, 0.1) is 25.2 Å². The fraction of sp³-hybridized carbons (Fsp3) is 0.429. The predicted octanol–water partition coefficient (Wildman–Crippen LogP) is 2.40. The molecule has 1 N–H and O–H groups in total. The van der Waals surface area contributed by atoms with Crippen LogP contribution in [0.15, 0.2) is 48.6 Å². The van der Waals surface area contributed by atoms with Crippen molar-refractivity contribution < 1.29 is 24.2 Å². The first-order valence-electron chi connectivity index (χ1n) is 9.05. The molecule has 0 aliphatic carbocycles. The van der Waals surface area contributed by atoms with Gasteiger partial charge in [-0.15, -0.1) is 6.58 Å². The van der Waals surface area contributed by atoms with Crippen LogP contribution >= 0.6 is 0 Å². The molecular weight excluding hydrogens is 346 g/mol. The van der Waals surface area contributed by atoms with Crippen molar-refractivity contribution in [3.05, 3.63) is 54.1 Å².